The molecular formula is C14H22O4. The SMILES string of the molecule is CCOC(=O)C1=CC(OC(CC)CC)[C@@H]2O[C@H]2C1. The fraction of sp³-hybridized carbons (Fsp3) is 0.786. The van der Waals surface area contributed by atoms with Gasteiger partial charge in [-0.2, -0.15) is 0 Å². The van der Waals surface area contributed by atoms with E-state index in [4.69, 9.17) is 14.2 Å². The van der Waals surface area contributed by atoms with Crippen molar-refractivity contribution >= 4 is 5.97 Å². The Morgan fingerprint density at radius 1 is 1.44 bits per heavy atom. The van der Waals surface area contributed by atoms with Crippen molar-refractivity contribution < 1.29 is 19.0 Å². The summed E-state index contributed by atoms with van der Waals surface area (Å²) in [5.41, 5.74) is 0.701. The van der Waals surface area contributed by atoms with Crippen molar-refractivity contribution in [3.8, 4) is 0 Å². The van der Waals surface area contributed by atoms with Crippen molar-refractivity contribution in [2.45, 2.75) is 64.4 Å². The number of carbonyl (C=O) groups is 1. The number of hydrogen-bond donors (Lipinski definition) is 0. The first-order valence-electron chi connectivity index (χ1n) is 6.88. The maximum atomic E-state index is 11.7. The van der Waals surface area contributed by atoms with Crippen LogP contribution in [0.2, 0.25) is 0 Å². The fourth-order valence-electron chi connectivity index (χ4n) is 2.38. The lowest BCUT2D eigenvalue weighted by Crippen LogP contribution is -2.30. The molecule has 1 aliphatic heterocycles. The summed E-state index contributed by atoms with van der Waals surface area (Å²) in [4.78, 5) is 11.7. The van der Waals surface area contributed by atoms with E-state index in [1.54, 1.807) is 0 Å². The van der Waals surface area contributed by atoms with E-state index >= 15 is 0 Å². The van der Waals surface area contributed by atoms with Gasteiger partial charge in [-0.1, -0.05) is 13.8 Å². The van der Waals surface area contributed by atoms with Gasteiger partial charge in [-0.3, -0.25) is 0 Å². The van der Waals surface area contributed by atoms with Gasteiger partial charge in [0.1, 0.15) is 12.2 Å². The van der Waals surface area contributed by atoms with E-state index < -0.39 is 0 Å². The number of fused-ring (bicyclic) bond motifs is 1. The van der Waals surface area contributed by atoms with Crippen LogP contribution in [0.15, 0.2) is 11.6 Å². The van der Waals surface area contributed by atoms with Gasteiger partial charge in [0, 0.05) is 12.0 Å². The van der Waals surface area contributed by atoms with Gasteiger partial charge in [0.25, 0.3) is 0 Å². The van der Waals surface area contributed by atoms with Crippen LogP contribution < -0.4 is 0 Å². The molecule has 0 aromatic carbocycles. The van der Waals surface area contributed by atoms with Gasteiger partial charge < -0.3 is 14.2 Å². The Kier molecular flexibility index (Phi) is 4.40. The van der Waals surface area contributed by atoms with Crippen molar-refractivity contribution in [3.05, 3.63) is 11.6 Å². The second-order valence-corrected chi connectivity index (χ2v) is 4.79. The first-order valence-corrected chi connectivity index (χ1v) is 6.88. The highest BCUT2D eigenvalue weighted by Gasteiger charge is 2.49. The minimum atomic E-state index is -0.232. The van der Waals surface area contributed by atoms with Crippen molar-refractivity contribution in [3.63, 3.8) is 0 Å². The zero-order chi connectivity index (χ0) is 13.1. The van der Waals surface area contributed by atoms with Crippen LogP contribution in [0, 0.1) is 0 Å². The minimum Gasteiger partial charge on any atom is -0.463 e. The first kappa shape index (κ1) is 13.6. The number of carbonyl (C=O) groups excluding carboxylic acids is 1. The summed E-state index contributed by atoms with van der Waals surface area (Å²) in [5.74, 6) is -0.232. The van der Waals surface area contributed by atoms with Gasteiger partial charge in [0.2, 0.25) is 0 Å². The molecule has 0 amide bonds. The molecule has 0 aromatic heterocycles. The average molecular weight is 254 g/mol. The molecule has 0 aromatic rings. The molecule has 0 radical (unpaired) electrons. The molecule has 1 saturated heterocycles. The van der Waals surface area contributed by atoms with Gasteiger partial charge >= 0.3 is 5.97 Å². The zero-order valence-electron chi connectivity index (χ0n) is 11.3. The van der Waals surface area contributed by atoms with Gasteiger partial charge in [0.15, 0.2) is 0 Å². The van der Waals surface area contributed by atoms with Crippen LogP contribution >= 0.6 is 0 Å². The topological polar surface area (TPSA) is 48.1 Å². The summed E-state index contributed by atoms with van der Waals surface area (Å²) in [7, 11) is 0. The van der Waals surface area contributed by atoms with Crippen molar-refractivity contribution in [2.75, 3.05) is 6.61 Å². The van der Waals surface area contributed by atoms with E-state index in [-0.39, 0.29) is 30.4 Å². The van der Waals surface area contributed by atoms with E-state index in [9.17, 15) is 4.79 Å². The smallest absolute Gasteiger partial charge is 0.333 e. The summed E-state index contributed by atoms with van der Waals surface area (Å²) in [5, 5.41) is 0. The second-order valence-electron chi connectivity index (χ2n) is 4.79. The van der Waals surface area contributed by atoms with Crippen LogP contribution in [-0.4, -0.2) is 37.0 Å². The maximum Gasteiger partial charge on any atom is 0.333 e. The molecule has 0 saturated carbocycles. The Balaban J connectivity index is 2.00. The number of rotatable bonds is 6. The molecule has 102 valence electrons. The summed E-state index contributed by atoms with van der Waals surface area (Å²) in [6, 6.07) is 0. The number of esters is 1. The van der Waals surface area contributed by atoms with E-state index in [1.165, 1.54) is 0 Å². The molecule has 2 rings (SSSR count). The Labute approximate surface area is 108 Å². The van der Waals surface area contributed by atoms with E-state index in [1.807, 2.05) is 13.0 Å². The molecule has 0 spiro atoms. The van der Waals surface area contributed by atoms with Crippen molar-refractivity contribution in [1.29, 1.82) is 0 Å². The third-order valence-corrected chi connectivity index (χ3v) is 3.53. The molecule has 1 heterocycles. The predicted molar refractivity (Wildman–Crippen MR) is 67.2 cm³/mol. The van der Waals surface area contributed by atoms with Gasteiger partial charge in [-0.05, 0) is 25.8 Å². The molecule has 1 fully saturated rings. The number of ether oxygens (including phenoxy) is 3. The van der Waals surface area contributed by atoms with E-state index in [0.717, 1.165) is 12.8 Å². The average Bonchev–Trinajstić information content (AvgIpc) is 3.15. The molecular weight excluding hydrogens is 232 g/mol. The molecule has 2 aliphatic rings. The van der Waals surface area contributed by atoms with Crippen LogP contribution in [0.25, 0.3) is 0 Å². The third-order valence-electron chi connectivity index (χ3n) is 3.53. The van der Waals surface area contributed by atoms with Crippen LogP contribution in [0.3, 0.4) is 0 Å². The lowest BCUT2D eigenvalue weighted by Gasteiger charge is -2.22. The largest absolute Gasteiger partial charge is 0.463 e. The number of epoxide rings is 1. The third kappa shape index (κ3) is 2.93. The quantitative estimate of drug-likeness (QED) is 0.538. The minimum absolute atomic E-state index is 0.0898. The maximum absolute atomic E-state index is 11.7. The molecule has 0 bridgehead atoms. The summed E-state index contributed by atoms with van der Waals surface area (Å²) < 4.78 is 16.6. The number of hydrogen-bond acceptors (Lipinski definition) is 4. The van der Waals surface area contributed by atoms with Crippen LogP contribution in [0.1, 0.15) is 40.0 Å². The Morgan fingerprint density at radius 3 is 2.78 bits per heavy atom. The molecule has 0 N–H and O–H groups in total. The highest BCUT2D eigenvalue weighted by atomic mass is 16.6. The summed E-state index contributed by atoms with van der Waals surface area (Å²) in [6.45, 7) is 6.44. The van der Waals surface area contributed by atoms with E-state index in [2.05, 4.69) is 13.8 Å². The van der Waals surface area contributed by atoms with E-state index in [0.29, 0.717) is 18.6 Å². The highest BCUT2D eigenvalue weighted by molar-refractivity contribution is 5.89. The lowest BCUT2D eigenvalue weighted by molar-refractivity contribution is -0.138. The van der Waals surface area contributed by atoms with Crippen molar-refractivity contribution in [1.82, 2.24) is 0 Å². The molecule has 4 heteroatoms. The Bertz CT molecular complexity index is 333. The van der Waals surface area contributed by atoms with Crippen LogP contribution in [0.4, 0.5) is 0 Å². The standard InChI is InChI=1S/C14H22O4/c1-4-10(5-2)17-11-7-9(14(15)16-6-3)8-12-13(11)18-12/h7,10-13H,4-6,8H2,1-3H3/t11?,12-,13-/m0/s1. The Morgan fingerprint density at radius 2 is 2.17 bits per heavy atom. The highest BCUT2D eigenvalue weighted by Crippen LogP contribution is 2.38. The monoisotopic (exact) mass is 254 g/mol. The van der Waals surface area contributed by atoms with Gasteiger partial charge in [-0.15, -0.1) is 0 Å². The normalized spacial score (nSPS) is 29.8. The predicted octanol–water partition coefficient (Wildman–Crippen LogP) is 2.22. The van der Waals surface area contributed by atoms with Crippen LogP contribution in [-0.2, 0) is 19.0 Å². The van der Waals surface area contributed by atoms with Crippen LogP contribution in [0.5, 0.6) is 0 Å². The van der Waals surface area contributed by atoms with Gasteiger partial charge in [0.05, 0.1) is 18.8 Å². The zero-order valence-corrected chi connectivity index (χ0v) is 11.3. The molecule has 1 aliphatic carbocycles. The fourth-order valence-corrected chi connectivity index (χ4v) is 2.38. The van der Waals surface area contributed by atoms with Crippen molar-refractivity contribution in [2.24, 2.45) is 0 Å². The molecule has 18 heavy (non-hydrogen) atoms. The first-order chi connectivity index (χ1) is 8.69. The molecule has 3 atom stereocenters. The van der Waals surface area contributed by atoms with Gasteiger partial charge in [-0.25, -0.2) is 4.79 Å². The Hall–Kier alpha value is -0.870. The second kappa shape index (κ2) is 5.85. The lowest BCUT2D eigenvalue weighted by atomic mass is 9.97. The summed E-state index contributed by atoms with van der Waals surface area (Å²) in [6.07, 6.45) is 4.94. The summed E-state index contributed by atoms with van der Waals surface area (Å²) >= 11 is 0. The molecule has 4 nitrogen and oxygen atoms in total. The molecule has 1 unspecified atom stereocenters.